The Balaban J connectivity index is 1.68. The summed E-state index contributed by atoms with van der Waals surface area (Å²) in [6.45, 7) is 4.51. The molecule has 0 aliphatic heterocycles. The number of carbonyl (C=O) groups is 1. The van der Waals surface area contributed by atoms with Crippen LogP contribution >= 0.6 is 11.8 Å². The first kappa shape index (κ1) is 16.8. The Hall–Kier alpha value is -2.02. The molecule has 1 aliphatic carbocycles. The highest BCUT2D eigenvalue weighted by Crippen LogP contribution is 2.37. The van der Waals surface area contributed by atoms with Gasteiger partial charge in [-0.15, -0.1) is 5.10 Å². The number of aromatic amines is 1. The van der Waals surface area contributed by atoms with E-state index in [1.165, 1.54) is 11.8 Å². The number of thioether (sulfide) groups is 1. The van der Waals surface area contributed by atoms with Crippen molar-refractivity contribution in [1.82, 2.24) is 20.1 Å². The molecule has 0 bridgehead atoms. The monoisotopic (exact) mass is 346 g/mol. The molecule has 1 aliphatic rings. The molecule has 0 radical (unpaired) electrons. The predicted octanol–water partition coefficient (Wildman–Crippen LogP) is 2.34. The van der Waals surface area contributed by atoms with Gasteiger partial charge in [-0.1, -0.05) is 55.9 Å². The van der Waals surface area contributed by atoms with Gasteiger partial charge in [0.05, 0.1) is 5.25 Å². The van der Waals surface area contributed by atoms with E-state index in [0.29, 0.717) is 11.7 Å². The lowest BCUT2D eigenvalue weighted by Crippen LogP contribution is -2.35. The molecule has 1 saturated carbocycles. The number of amides is 1. The van der Waals surface area contributed by atoms with Crippen LogP contribution in [0.4, 0.5) is 0 Å². The largest absolute Gasteiger partial charge is 0.351 e. The minimum atomic E-state index is -0.290. The number of carbonyl (C=O) groups excluding carboxylic acids is 1. The van der Waals surface area contributed by atoms with Crippen LogP contribution in [0.3, 0.4) is 0 Å². The second-order valence-electron chi connectivity index (χ2n) is 6.40. The number of hydrogen-bond donors (Lipinski definition) is 2. The summed E-state index contributed by atoms with van der Waals surface area (Å²) in [6, 6.07) is 10.1. The first-order chi connectivity index (χ1) is 11.6. The van der Waals surface area contributed by atoms with Gasteiger partial charge in [0.2, 0.25) is 5.91 Å². The molecule has 0 unspecified atom stereocenters. The number of benzene rings is 1. The van der Waals surface area contributed by atoms with Gasteiger partial charge in [-0.3, -0.25) is 9.36 Å². The van der Waals surface area contributed by atoms with Crippen LogP contribution in [-0.2, 0) is 11.3 Å². The van der Waals surface area contributed by atoms with E-state index >= 15 is 0 Å². The third kappa shape index (κ3) is 3.90. The molecule has 1 atom stereocenters. The molecule has 2 N–H and O–H groups in total. The maximum atomic E-state index is 12.6. The van der Waals surface area contributed by atoms with Crippen LogP contribution in [0, 0.1) is 5.92 Å². The van der Waals surface area contributed by atoms with Gasteiger partial charge in [0.15, 0.2) is 5.16 Å². The van der Waals surface area contributed by atoms with Crippen LogP contribution in [0.15, 0.2) is 40.3 Å². The van der Waals surface area contributed by atoms with E-state index in [-0.39, 0.29) is 28.8 Å². The van der Waals surface area contributed by atoms with E-state index < -0.39 is 0 Å². The van der Waals surface area contributed by atoms with Crippen molar-refractivity contribution in [2.24, 2.45) is 5.92 Å². The van der Waals surface area contributed by atoms with Crippen molar-refractivity contribution in [3.8, 4) is 0 Å². The van der Waals surface area contributed by atoms with Crippen molar-refractivity contribution >= 4 is 17.7 Å². The summed E-state index contributed by atoms with van der Waals surface area (Å²) in [5, 5.41) is 9.92. The lowest BCUT2D eigenvalue weighted by atomic mass is 10.1. The quantitative estimate of drug-likeness (QED) is 0.754. The minimum absolute atomic E-state index is 0.0309. The maximum Gasteiger partial charge on any atom is 0.344 e. The van der Waals surface area contributed by atoms with E-state index in [1.54, 1.807) is 4.57 Å². The van der Waals surface area contributed by atoms with Crippen molar-refractivity contribution in [3.05, 3.63) is 46.4 Å². The van der Waals surface area contributed by atoms with Gasteiger partial charge in [0.1, 0.15) is 0 Å². The molecule has 1 amide bonds. The summed E-state index contributed by atoms with van der Waals surface area (Å²) < 4.78 is 1.69. The normalized spacial score (nSPS) is 15.5. The van der Waals surface area contributed by atoms with Gasteiger partial charge in [-0.25, -0.2) is 9.89 Å². The van der Waals surface area contributed by atoms with Crippen LogP contribution in [0.5, 0.6) is 0 Å². The average molecular weight is 346 g/mol. The number of aromatic nitrogens is 3. The highest BCUT2D eigenvalue weighted by Gasteiger charge is 2.32. The molecular weight excluding hydrogens is 324 g/mol. The van der Waals surface area contributed by atoms with E-state index in [4.69, 9.17) is 0 Å². The van der Waals surface area contributed by atoms with Gasteiger partial charge in [-0.05, 0) is 24.3 Å². The molecule has 3 rings (SSSR count). The van der Waals surface area contributed by atoms with Crippen LogP contribution in [-0.4, -0.2) is 25.9 Å². The highest BCUT2D eigenvalue weighted by molar-refractivity contribution is 8.00. The molecule has 128 valence electrons. The number of H-pyrrole nitrogens is 1. The van der Waals surface area contributed by atoms with Crippen LogP contribution < -0.4 is 11.0 Å². The summed E-state index contributed by atoms with van der Waals surface area (Å²) in [5.41, 5.74) is 0.875. The van der Waals surface area contributed by atoms with E-state index in [1.807, 2.05) is 44.2 Å². The average Bonchev–Trinajstić information content (AvgIpc) is 3.34. The molecule has 24 heavy (non-hydrogen) atoms. The standard InChI is InChI=1S/C17H22N4O2S/c1-11(2)14(15(22)18-10-12-6-4-3-5-7-12)24-17-20-19-16(23)21(17)13-8-9-13/h3-7,11,13-14H,8-10H2,1-2H3,(H,18,22)(H,19,23)/t14-/m0/s1. The van der Waals surface area contributed by atoms with Crippen LogP contribution in [0.2, 0.25) is 0 Å². The van der Waals surface area contributed by atoms with Gasteiger partial charge in [-0.2, -0.15) is 0 Å². The first-order valence-electron chi connectivity index (χ1n) is 8.21. The van der Waals surface area contributed by atoms with E-state index in [2.05, 4.69) is 15.5 Å². The number of nitrogens with one attached hydrogen (secondary N) is 2. The highest BCUT2D eigenvalue weighted by atomic mass is 32.2. The second-order valence-corrected chi connectivity index (χ2v) is 7.51. The van der Waals surface area contributed by atoms with Crippen LogP contribution in [0.25, 0.3) is 0 Å². The van der Waals surface area contributed by atoms with Crippen molar-refractivity contribution < 1.29 is 4.79 Å². The zero-order valence-corrected chi connectivity index (χ0v) is 14.7. The molecule has 1 heterocycles. The fourth-order valence-corrected chi connectivity index (χ4v) is 3.65. The summed E-state index contributed by atoms with van der Waals surface area (Å²) >= 11 is 1.36. The minimum Gasteiger partial charge on any atom is -0.351 e. The lowest BCUT2D eigenvalue weighted by Gasteiger charge is -2.19. The summed E-state index contributed by atoms with van der Waals surface area (Å²) in [6.07, 6.45) is 2.00. The molecule has 1 aromatic heterocycles. The fraction of sp³-hybridized carbons (Fsp3) is 0.471. The van der Waals surface area contributed by atoms with Gasteiger partial charge in [0, 0.05) is 12.6 Å². The zero-order valence-electron chi connectivity index (χ0n) is 13.9. The van der Waals surface area contributed by atoms with Gasteiger partial charge < -0.3 is 5.32 Å². The fourth-order valence-electron chi connectivity index (χ4n) is 2.52. The predicted molar refractivity (Wildman–Crippen MR) is 93.9 cm³/mol. The number of nitrogens with zero attached hydrogens (tertiary/aromatic N) is 2. The van der Waals surface area contributed by atoms with E-state index in [0.717, 1.165) is 18.4 Å². The maximum absolute atomic E-state index is 12.6. The smallest absolute Gasteiger partial charge is 0.344 e. The van der Waals surface area contributed by atoms with Crippen molar-refractivity contribution in [1.29, 1.82) is 0 Å². The molecule has 6 nitrogen and oxygen atoms in total. The molecule has 1 aromatic carbocycles. The number of rotatable bonds is 7. The zero-order chi connectivity index (χ0) is 17.1. The van der Waals surface area contributed by atoms with Gasteiger partial charge >= 0.3 is 5.69 Å². The third-order valence-electron chi connectivity index (χ3n) is 3.99. The van der Waals surface area contributed by atoms with Gasteiger partial charge in [0.25, 0.3) is 0 Å². The molecular formula is C17H22N4O2S. The molecule has 2 aromatic rings. The Labute approximate surface area is 145 Å². The molecule has 0 spiro atoms. The Kier molecular flexibility index (Phi) is 5.08. The summed E-state index contributed by atoms with van der Waals surface area (Å²) in [4.78, 5) is 24.5. The third-order valence-corrected chi connectivity index (χ3v) is 5.50. The number of hydrogen-bond acceptors (Lipinski definition) is 4. The Morgan fingerprint density at radius 3 is 2.71 bits per heavy atom. The lowest BCUT2D eigenvalue weighted by molar-refractivity contribution is -0.121. The van der Waals surface area contributed by atoms with Crippen molar-refractivity contribution in [3.63, 3.8) is 0 Å². The SMILES string of the molecule is CC(C)[C@H](Sc1n[nH]c(=O)n1C1CC1)C(=O)NCc1ccccc1. The molecule has 1 fully saturated rings. The molecule has 0 saturated heterocycles. The van der Waals surface area contributed by atoms with Crippen molar-refractivity contribution in [2.75, 3.05) is 0 Å². The van der Waals surface area contributed by atoms with Crippen molar-refractivity contribution in [2.45, 2.75) is 49.7 Å². The van der Waals surface area contributed by atoms with Crippen LogP contribution in [0.1, 0.15) is 38.3 Å². The first-order valence-corrected chi connectivity index (χ1v) is 9.09. The summed E-state index contributed by atoms with van der Waals surface area (Å²) in [5.74, 6) is 0.0990. The Morgan fingerprint density at radius 1 is 1.38 bits per heavy atom. The topological polar surface area (TPSA) is 79.8 Å². The van der Waals surface area contributed by atoms with E-state index in [9.17, 15) is 9.59 Å². The Morgan fingerprint density at radius 2 is 2.08 bits per heavy atom. The summed E-state index contributed by atoms with van der Waals surface area (Å²) in [7, 11) is 0. The molecule has 7 heteroatoms. The Bertz CT molecular complexity index is 749. The second kappa shape index (κ2) is 7.25.